The normalized spacial score (nSPS) is 12.7. The van der Waals surface area contributed by atoms with Gasteiger partial charge in [-0.05, 0) is 66.8 Å². The third-order valence-electron chi connectivity index (χ3n) is 2.86. The van der Waals surface area contributed by atoms with Crippen molar-refractivity contribution in [2.45, 2.75) is 19.5 Å². The lowest BCUT2D eigenvalue weighted by Gasteiger charge is -2.14. The Morgan fingerprint density at radius 3 is 2.37 bits per heavy atom. The van der Waals surface area contributed by atoms with E-state index < -0.39 is 0 Å². The van der Waals surface area contributed by atoms with Gasteiger partial charge >= 0.3 is 0 Å². The highest BCUT2D eigenvalue weighted by Crippen LogP contribution is 2.23. The number of halogens is 1. The molecule has 0 radical (unpaired) electrons. The summed E-state index contributed by atoms with van der Waals surface area (Å²) in [5.74, 6) is 0.921. The number of benzene rings is 1. The van der Waals surface area contributed by atoms with E-state index in [1.54, 1.807) is 0 Å². The second kappa shape index (κ2) is 6.26. The van der Waals surface area contributed by atoms with E-state index in [9.17, 15) is 0 Å². The van der Waals surface area contributed by atoms with Crippen LogP contribution < -0.4 is 5.32 Å². The predicted molar refractivity (Wildman–Crippen MR) is 82.3 cm³/mol. The Hall–Kier alpha value is -1.26. The minimum absolute atomic E-state index is 0.144. The minimum Gasteiger partial charge on any atom is -0.452 e. The van der Waals surface area contributed by atoms with E-state index in [1.807, 2.05) is 12.1 Å². The highest BCUT2D eigenvalue weighted by Gasteiger charge is 2.09. The standard InChI is InChI=1S/C15H19BrN2O/c1-11(14-8-9-15(16)19-14)17-13-6-4-12(5-7-13)10-18(2)3/h4-9,11,17H,10H2,1-3H3. The second-order valence-electron chi connectivity index (χ2n) is 4.94. The van der Waals surface area contributed by atoms with Crippen LogP contribution in [0.4, 0.5) is 5.69 Å². The maximum atomic E-state index is 5.54. The monoisotopic (exact) mass is 322 g/mol. The Bertz CT molecular complexity index is 519. The first-order valence-electron chi connectivity index (χ1n) is 6.30. The van der Waals surface area contributed by atoms with Crippen LogP contribution >= 0.6 is 15.9 Å². The van der Waals surface area contributed by atoms with E-state index in [1.165, 1.54) is 5.56 Å². The van der Waals surface area contributed by atoms with Gasteiger partial charge in [-0.15, -0.1) is 0 Å². The molecule has 0 spiro atoms. The third kappa shape index (κ3) is 4.11. The fourth-order valence-corrected chi connectivity index (χ4v) is 2.27. The fraction of sp³-hybridized carbons (Fsp3) is 0.333. The number of anilines is 1. The molecule has 1 heterocycles. The first kappa shape index (κ1) is 14.2. The van der Waals surface area contributed by atoms with Crippen molar-refractivity contribution in [3.05, 3.63) is 52.4 Å². The molecule has 1 N–H and O–H groups in total. The van der Waals surface area contributed by atoms with Crippen molar-refractivity contribution < 1.29 is 4.42 Å². The van der Waals surface area contributed by atoms with Crippen LogP contribution in [-0.4, -0.2) is 19.0 Å². The quantitative estimate of drug-likeness (QED) is 0.890. The molecule has 0 aliphatic heterocycles. The molecular formula is C15H19BrN2O. The molecule has 0 saturated heterocycles. The van der Waals surface area contributed by atoms with Crippen molar-refractivity contribution in [1.29, 1.82) is 0 Å². The molecule has 2 rings (SSSR count). The van der Waals surface area contributed by atoms with Crippen LogP contribution in [-0.2, 0) is 6.54 Å². The van der Waals surface area contributed by atoms with E-state index in [0.29, 0.717) is 0 Å². The zero-order valence-corrected chi connectivity index (χ0v) is 13.1. The Labute approximate surface area is 122 Å². The van der Waals surface area contributed by atoms with Crippen LogP contribution in [0.1, 0.15) is 24.3 Å². The summed E-state index contributed by atoms with van der Waals surface area (Å²) in [6.45, 7) is 3.04. The first-order chi connectivity index (χ1) is 9.04. The second-order valence-corrected chi connectivity index (χ2v) is 5.72. The lowest BCUT2D eigenvalue weighted by molar-refractivity contribution is 0.402. The SMILES string of the molecule is CC(Nc1ccc(CN(C)C)cc1)c1ccc(Br)o1. The van der Waals surface area contributed by atoms with Gasteiger partial charge in [-0.3, -0.25) is 0 Å². The number of rotatable bonds is 5. The van der Waals surface area contributed by atoms with Gasteiger partial charge in [0.2, 0.25) is 0 Å². The molecule has 2 aromatic rings. The molecule has 3 nitrogen and oxygen atoms in total. The zero-order valence-electron chi connectivity index (χ0n) is 11.5. The highest BCUT2D eigenvalue weighted by atomic mass is 79.9. The molecule has 1 unspecified atom stereocenters. The Kier molecular flexibility index (Phi) is 4.66. The van der Waals surface area contributed by atoms with Crippen LogP contribution in [0.2, 0.25) is 0 Å². The number of nitrogens with zero attached hydrogens (tertiary/aromatic N) is 1. The summed E-state index contributed by atoms with van der Waals surface area (Å²) in [5, 5.41) is 3.42. The van der Waals surface area contributed by atoms with Gasteiger partial charge in [0.25, 0.3) is 0 Å². The summed E-state index contributed by atoms with van der Waals surface area (Å²) >= 11 is 3.32. The number of furan rings is 1. The molecule has 0 aliphatic carbocycles. The van der Waals surface area contributed by atoms with Crippen molar-refractivity contribution in [1.82, 2.24) is 4.90 Å². The van der Waals surface area contributed by atoms with Crippen LogP contribution in [0.5, 0.6) is 0 Å². The van der Waals surface area contributed by atoms with Gasteiger partial charge in [0.1, 0.15) is 5.76 Å². The topological polar surface area (TPSA) is 28.4 Å². The van der Waals surface area contributed by atoms with Crippen molar-refractivity contribution in [3.8, 4) is 0 Å². The van der Waals surface area contributed by atoms with E-state index in [-0.39, 0.29) is 6.04 Å². The zero-order chi connectivity index (χ0) is 13.8. The molecular weight excluding hydrogens is 304 g/mol. The summed E-state index contributed by atoms with van der Waals surface area (Å²) in [4.78, 5) is 2.16. The molecule has 1 aromatic heterocycles. The maximum Gasteiger partial charge on any atom is 0.169 e. The molecule has 0 fully saturated rings. The Morgan fingerprint density at radius 2 is 1.84 bits per heavy atom. The van der Waals surface area contributed by atoms with Crippen molar-refractivity contribution >= 4 is 21.6 Å². The highest BCUT2D eigenvalue weighted by molar-refractivity contribution is 9.10. The fourth-order valence-electron chi connectivity index (χ4n) is 1.95. The number of hydrogen-bond donors (Lipinski definition) is 1. The van der Waals surface area contributed by atoms with Gasteiger partial charge in [-0.25, -0.2) is 0 Å². The number of hydrogen-bond acceptors (Lipinski definition) is 3. The van der Waals surface area contributed by atoms with Gasteiger partial charge in [-0.2, -0.15) is 0 Å². The summed E-state index contributed by atoms with van der Waals surface area (Å²) in [6, 6.07) is 12.5. The van der Waals surface area contributed by atoms with Gasteiger partial charge in [0.15, 0.2) is 4.67 Å². The molecule has 1 aromatic carbocycles. The Balaban J connectivity index is 1.99. The predicted octanol–water partition coefficient (Wildman–Crippen LogP) is 4.28. The van der Waals surface area contributed by atoms with E-state index in [4.69, 9.17) is 4.42 Å². The Morgan fingerprint density at radius 1 is 1.16 bits per heavy atom. The molecule has 0 amide bonds. The molecule has 0 bridgehead atoms. The lowest BCUT2D eigenvalue weighted by Crippen LogP contribution is -2.10. The first-order valence-corrected chi connectivity index (χ1v) is 7.09. The van der Waals surface area contributed by atoms with Gasteiger partial charge in [0, 0.05) is 12.2 Å². The van der Waals surface area contributed by atoms with Crippen molar-refractivity contribution in [2.75, 3.05) is 19.4 Å². The lowest BCUT2D eigenvalue weighted by atomic mass is 10.2. The summed E-state index contributed by atoms with van der Waals surface area (Å²) in [5.41, 5.74) is 2.41. The van der Waals surface area contributed by atoms with E-state index >= 15 is 0 Å². The van der Waals surface area contributed by atoms with Crippen molar-refractivity contribution in [3.63, 3.8) is 0 Å². The van der Waals surface area contributed by atoms with Gasteiger partial charge < -0.3 is 14.6 Å². The average Bonchev–Trinajstić information content (AvgIpc) is 2.78. The summed E-state index contributed by atoms with van der Waals surface area (Å²) in [6.07, 6.45) is 0. The summed E-state index contributed by atoms with van der Waals surface area (Å²) < 4.78 is 6.30. The van der Waals surface area contributed by atoms with Gasteiger partial charge in [0.05, 0.1) is 6.04 Å². The molecule has 0 saturated carbocycles. The van der Waals surface area contributed by atoms with Crippen molar-refractivity contribution in [2.24, 2.45) is 0 Å². The molecule has 1 atom stereocenters. The van der Waals surface area contributed by atoms with Crippen LogP contribution in [0.3, 0.4) is 0 Å². The minimum atomic E-state index is 0.144. The molecule has 4 heteroatoms. The molecule has 19 heavy (non-hydrogen) atoms. The maximum absolute atomic E-state index is 5.54. The largest absolute Gasteiger partial charge is 0.452 e. The van der Waals surface area contributed by atoms with Crippen LogP contribution in [0.25, 0.3) is 0 Å². The van der Waals surface area contributed by atoms with Crippen LogP contribution in [0, 0.1) is 0 Å². The average molecular weight is 323 g/mol. The third-order valence-corrected chi connectivity index (χ3v) is 3.28. The van der Waals surface area contributed by atoms with E-state index in [2.05, 4.69) is 71.4 Å². The van der Waals surface area contributed by atoms with Gasteiger partial charge in [-0.1, -0.05) is 12.1 Å². The molecule has 102 valence electrons. The molecule has 0 aliphatic rings. The van der Waals surface area contributed by atoms with E-state index in [0.717, 1.165) is 22.7 Å². The summed E-state index contributed by atoms with van der Waals surface area (Å²) in [7, 11) is 4.14. The van der Waals surface area contributed by atoms with Crippen LogP contribution in [0.15, 0.2) is 45.5 Å². The smallest absolute Gasteiger partial charge is 0.169 e. The number of nitrogens with one attached hydrogen (secondary N) is 1.